The summed E-state index contributed by atoms with van der Waals surface area (Å²) in [6.45, 7) is 0. The zero-order valence-electron chi connectivity index (χ0n) is 11.2. The first-order valence-corrected chi connectivity index (χ1v) is 9.51. The van der Waals surface area contributed by atoms with Crippen LogP contribution in [0.1, 0.15) is 12.0 Å². The lowest BCUT2D eigenvalue weighted by atomic mass is 10.0. The van der Waals surface area contributed by atoms with Crippen LogP contribution < -0.4 is 4.74 Å². The van der Waals surface area contributed by atoms with E-state index in [0.29, 0.717) is 5.94 Å². The molecule has 0 bridgehead atoms. The van der Waals surface area contributed by atoms with E-state index in [9.17, 15) is 4.79 Å². The summed E-state index contributed by atoms with van der Waals surface area (Å²) in [6, 6.07) is 5.87. The molecule has 0 aliphatic carbocycles. The maximum absolute atomic E-state index is 12.1. The highest BCUT2D eigenvalue weighted by Crippen LogP contribution is 2.33. The van der Waals surface area contributed by atoms with Gasteiger partial charge in [0.15, 0.2) is 0 Å². The molecule has 6 heteroatoms. The molecule has 108 valence electrons. The summed E-state index contributed by atoms with van der Waals surface area (Å²) in [5.74, 6) is 1.61. The van der Waals surface area contributed by atoms with Gasteiger partial charge in [0.1, 0.15) is 11.7 Å². The van der Waals surface area contributed by atoms with Crippen molar-refractivity contribution in [2.75, 3.05) is 19.2 Å². The topological polar surface area (TPSA) is 29.5 Å². The molecule has 1 atom stereocenters. The number of hydrogen-bond donors (Lipinski definition) is 0. The third kappa shape index (κ3) is 3.51. The Morgan fingerprint density at radius 1 is 1.55 bits per heavy atom. The van der Waals surface area contributed by atoms with Gasteiger partial charge in [-0.2, -0.15) is 0 Å². The Morgan fingerprint density at radius 2 is 2.30 bits per heavy atom. The van der Waals surface area contributed by atoms with Crippen LogP contribution >= 0.6 is 50.3 Å². The Bertz CT molecular complexity index is 550. The fraction of sp³-hybridized carbons (Fsp3) is 0.357. The van der Waals surface area contributed by atoms with Crippen LogP contribution in [0, 0.1) is 0 Å². The van der Waals surface area contributed by atoms with Crippen molar-refractivity contribution >= 4 is 61.9 Å². The van der Waals surface area contributed by atoms with Gasteiger partial charge in [-0.25, -0.2) is 0 Å². The number of halogens is 2. The first-order chi connectivity index (χ1) is 9.54. The van der Waals surface area contributed by atoms with Gasteiger partial charge in [0.05, 0.1) is 3.92 Å². The minimum absolute atomic E-state index is 0.0318. The summed E-state index contributed by atoms with van der Waals surface area (Å²) in [7, 11) is 1.82. The van der Waals surface area contributed by atoms with Crippen LogP contribution in [0.4, 0.5) is 0 Å². The minimum Gasteiger partial charge on any atom is -0.483 e. The summed E-state index contributed by atoms with van der Waals surface area (Å²) in [6.07, 6.45) is 4.88. The highest BCUT2D eigenvalue weighted by molar-refractivity contribution is 14.1. The van der Waals surface area contributed by atoms with E-state index in [2.05, 4.69) is 44.6 Å². The number of nitrogens with zero attached hydrogens (tertiary/aromatic N) is 1. The largest absolute Gasteiger partial charge is 0.483 e. The van der Waals surface area contributed by atoms with Crippen LogP contribution in [0.5, 0.6) is 5.75 Å². The zero-order valence-corrected chi connectivity index (χ0v) is 15.8. The molecule has 0 saturated heterocycles. The minimum atomic E-state index is 0.0318. The number of hydrogen-bond acceptors (Lipinski definition) is 3. The molecule has 1 aliphatic rings. The standard InChI is InChI=1S/C14H15BrINO2S/c1-17-13(6-5-12(16)14(17)18)10-4-3-9(7-11(10)15)19-8-20-2/h3-4,6-7,12H,5,8H2,1-2H3. The van der Waals surface area contributed by atoms with Gasteiger partial charge in [-0.3, -0.25) is 4.79 Å². The predicted molar refractivity (Wildman–Crippen MR) is 96.3 cm³/mol. The fourth-order valence-corrected chi connectivity index (χ4v) is 3.48. The first kappa shape index (κ1) is 16.2. The van der Waals surface area contributed by atoms with Gasteiger partial charge in [0.25, 0.3) is 0 Å². The lowest BCUT2D eigenvalue weighted by Crippen LogP contribution is -2.35. The molecule has 1 amide bonds. The number of ether oxygens (including phenoxy) is 1. The lowest BCUT2D eigenvalue weighted by molar-refractivity contribution is -0.126. The number of carbonyl (C=O) groups is 1. The second kappa shape index (κ2) is 7.17. The second-order valence-corrected chi connectivity index (χ2v) is 7.55. The maximum atomic E-state index is 12.1. The van der Waals surface area contributed by atoms with E-state index in [-0.39, 0.29) is 9.83 Å². The van der Waals surface area contributed by atoms with Crippen molar-refractivity contribution in [3.8, 4) is 5.75 Å². The number of thioether (sulfide) groups is 1. The number of amides is 1. The molecule has 1 aromatic carbocycles. The zero-order chi connectivity index (χ0) is 14.7. The first-order valence-electron chi connectivity index (χ1n) is 6.08. The van der Waals surface area contributed by atoms with Gasteiger partial charge in [-0.1, -0.05) is 28.7 Å². The summed E-state index contributed by atoms with van der Waals surface area (Å²) >= 11 is 7.39. The van der Waals surface area contributed by atoms with Crippen molar-refractivity contribution in [3.05, 3.63) is 34.3 Å². The molecular formula is C14H15BrINO2S. The molecule has 0 N–H and O–H groups in total. The van der Waals surface area contributed by atoms with Crippen molar-refractivity contribution in [2.24, 2.45) is 0 Å². The highest BCUT2D eigenvalue weighted by Gasteiger charge is 2.27. The molecule has 0 spiro atoms. The average molecular weight is 468 g/mol. The number of alkyl halides is 1. The molecule has 0 aromatic heterocycles. The van der Waals surface area contributed by atoms with Crippen molar-refractivity contribution in [3.63, 3.8) is 0 Å². The van der Waals surface area contributed by atoms with Crippen molar-refractivity contribution in [1.82, 2.24) is 4.90 Å². The van der Waals surface area contributed by atoms with E-state index in [0.717, 1.165) is 27.9 Å². The average Bonchev–Trinajstić information content (AvgIpc) is 2.44. The molecular weight excluding hydrogens is 453 g/mol. The summed E-state index contributed by atoms with van der Waals surface area (Å²) in [5.41, 5.74) is 1.96. The lowest BCUT2D eigenvalue weighted by Gasteiger charge is -2.28. The molecule has 0 fully saturated rings. The Morgan fingerprint density at radius 3 is 2.95 bits per heavy atom. The van der Waals surface area contributed by atoms with E-state index in [1.165, 1.54) is 0 Å². The van der Waals surface area contributed by atoms with Crippen molar-refractivity contribution in [2.45, 2.75) is 10.3 Å². The van der Waals surface area contributed by atoms with Crippen LogP contribution in [0.15, 0.2) is 28.7 Å². The van der Waals surface area contributed by atoms with E-state index in [4.69, 9.17) is 4.74 Å². The SMILES string of the molecule is CSCOc1ccc(C2=CCC(I)C(=O)N2C)c(Br)c1. The quantitative estimate of drug-likeness (QED) is 0.378. The molecule has 1 unspecified atom stereocenters. The van der Waals surface area contributed by atoms with E-state index >= 15 is 0 Å². The smallest absolute Gasteiger partial charge is 0.240 e. The van der Waals surface area contributed by atoms with E-state index in [1.807, 2.05) is 31.5 Å². The molecule has 2 rings (SSSR count). The number of benzene rings is 1. The molecule has 1 aromatic rings. The van der Waals surface area contributed by atoms with Gasteiger partial charge < -0.3 is 9.64 Å². The van der Waals surface area contributed by atoms with Gasteiger partial charge in [-0.15, -0.1) is 11.8 Å². The number of allylic oxidation sites excluding steroid dienone is 1. The van der Waals surface area contributed by atoms with Gasteiger partial charge in [0.2, 0.25) is 5.91 Å². The molecule has 0 radical (unpaired) electrons. The Balaban J connectivity index is 2.27. The molecule has 1 aliphatic heterocycles. The van der Waals surface area contributed by atoms with E-state index < -0.39 is 0 Å². The normalized spacial score (nSPS) is 19.0. The summed E-state index contributed by atoms with van der Waals surface area (Å²) in [4.78, 5) is 13.8. The van der Waals surface area contributed by atoms with E-state index in [1.54, 1.807) is 16.7 Å². The number of rotatable bonds is 4. The monoisotopic (exact) mass is 467 g/mol. The van der Waals surface area contributed by atoms with Crippen LogP contribution in [0.2, 0.25) is 0 Å². The third-order valence-electron chi connectivity index (χ3n) is 3.04. The second-order valence-electron chi connectivity index (χ2n) is 4.38. The van der Waals surface area contributed by atoms with Gasteiger partial charge in [-0.05, 0) is 46.8 Å². The third-order valence-corrected chi connectivity index (χ3v) is 5.09. The molecule has 20 heavy (non-hydrogen) atoms. The Kier molecular flexibility index (Phi) is 5.80. The fourth-order valence-electron chi connectivity index (χ4n) is 1.99. The summed E-state index contributed by atoms with van der Waals surface area (Å²) in [5, 5.41) is 0. The summed E-state index contributed by atoms with van der Waals surface area (Å²) < 4.78 is 6.55. The molecule has 3 nitrogen and oxygen atoms in total. The maximum Gasteiger partial charge on any atom is 0.240 e. The van der Waals surface area contributed by atoms with Crippen LogP contribution in [0.3, 0.4) is 0 Å². The van der Waals surface area contributed by atoms with Crippen LogP contribution in [-0.2, 0) is 4.79 Å². The Labute approximate surface area is 145 Å². The van der Waals surface area contributed by atoms with Crippen molar-refractivity contribution < 1.29 is 9.53 Å². The Hall–Kier alpha value is -0.210. The highest BCUT2D eigenvalue weighted by atomic mass is 127. The predicted octanol–water partition coefficient (Wildman–Crippen LogP) is 4.16. The number of carbonyl (C=O) groups excluding carboxylic acids is 1. The van der Waals surface area contributed by atoms with Gasteiger partial charge in [0, 0.05) is 22.8 Å². The molecule has 0 saturated carbocycles. The van der Waals surface area contributed by atoms with Gasteiger partial charge >= 0.3 is 0 Å². The van der Waals surface area contributed by atoms with Crippen LogP contribution in [0.25, 0.3) is 5.70 Å². The van der Waals surface area contributed by atoms with Crippen molar-refractivity contribution in [1.29, 1.82) is 0 Å². The molecule has 1 heterocycles. The van der Waals surface area contributed by atoms with Crippen LogP contribution in [-0.4, -0.2) is 34.0 Å².